The molecule has 0 saturated heterocycles. The van der Waals surface area contributed by atoms with Crippen LogP contribution in [-0.2, 0) is 0 Å². The summed E-state index contributed by atoms with van der Waals surface area (Å²) in [5.41, 5.74) is 7.47. The lowest BCUT2D eigenvalue weighted by atomic mass is 9.83. The first-order valence-electron chi connectivity index (χ1n) is 6.64. The van der Waals surface area contributed by atoms with Gasteiger partial charge in [0.2, 0.25) is 0 Å². The molecule has 1 unspecified atom stereocenters. The monoisotopic (exact) mass is 304 g/mol. The number of rotatable bonds is 1. The Morgan fingerprint density at radius 2 is 1.68 bits per heavy atom. The van der Waals surface area contributed by atoms with Crippen LogP contribution >= 0.6 is 12.6 Å². The maximum absolute atomic E-state index is 9.44. The molecule has 0 radical (unpaired) electrons. The van der Waals surface area contributed by atoms with Crippen LogP contribution in [0.5, 0.6) is 0 Å². The number of hydrogen-bond donors (Lipinski definition) is 3. The van der Waals surface area contributed by atoms with Crippen LogP contribution < -0.4 is 11.1 Å². The van der Waals surface area contributed by atoms with E-state index in [0.29, 0.717) is 16.2 Å². The topological polar surface area (TPSA) is 85.6 Å². The van der Waals surface area contributed by atoms with Crippen molar-refractivity contribution in [1.82, 2.24) is 5.32 Å². The molecule has 4 nitrogen and oxygen atoms in total. The smallest absolute Gasteiger partial charge is 0.116 e. The highest BCUT2D eigenvalue weighted by Crippen LogP contribution is 2.38. The van der Waals surface area contributed by atoms with E-state index in [4.69, 9.17) is 5.73 Å². The molecule has 3 N–H and O–H groups in total. The Labute approximate surface area is 133 Å². The van der Waals surface area contributed by atoms with Crippen LogP contribution in [0.15, 0.2) is 64.5 Å². The average molecular weight is 304 g/mol. The third kappa shape index (κ3) is 2.18. The molecule has 1 atom stereocenters. The number of benzene rings is 2. The molecule has 0 spiro atoms. The minimum atomic E-state index is -0.492. The van der Waals surface area contributed by atoms with Crippen molar-refractivity contribution >= 4 is 23.4 Å². The van der Waals surface area contributed by atoms with E-state index in [0.717, 1.165) is 16.3 Å². The summed E-state index contributed by atoms with van der Waals surface area (Å²) in [4.78, 5) is 0. The minimum Gasteiger partial charge on any atom is -0.384 e. The molecular weight excluding hydrogens is 292 g/mol. The van der Waals surface area contributed by atoms with E-state index in [2.05, 4.69) is 30.1 Å². The Morgan fingerprint density at radius 3 is 2.36 bits per heavy atom. The molecule has 1 aliphatic rings. The first-order valence-corrected chi connectivity index (χ1v) is 7.09. The zero-order valence-electron chi connectivity index (χ0n) is 11.5. The van der Waals surface area contributed by atoms with Gasteiger partial charge in [0, 0.05) is 0 Å². The Morgan fingerprint density at radius 1 is 1.00 bits per heavy atom. The second-order valence-electron chi connectivity index (χ2n) is 4.98. The van der Waals surface area contributed by atoms with Gasteiger partial charge in [0.1, 0.15) is 5.82 Å². The highest BCUT2D eigenvalue weighted by molar-refractivity contribution is 7.84. The van der Waals surface area contributed by atoms with Gasteiger partial charge >= 0.3 is 0 Å². The predicted molar refractivity (Wildman–Crippen MR) is 88.3 cm³/mol. The fraction of sp³-hybridized carbons (Fsp3) is 0.0588. The Balaban J connectivity index is 2.23. The van der Waals surface area contributed by atoms with E-state index in [1.807, 2.05) is 42.5 Å². The van der Waals surface area contributed by atoms with Crippen molar-refractivity contribution in [1.29, 1.82) is 10.5 Å². The van der Waals surface area contributed by atoms with Crippen LogP contribution in [0.2, 0.25) is 0 Å². The number of dihydropyridines is 1. The van der Waals surface area contributed by atoms with Gasteiger partial charge in [-0.2, -0.15) is 10.5 Å². The van der Waals surface area contributed by atoms with Crippen molar-refractivity contribution in [2.45, 2.75) is 5.92 Å². The Kier molecular flexibility index (Phi) is 3.50. The van der Waals surface area contributed by atoms with Gasteiger partial charge in [-0.3, -0.25) is 0 Å². The number of fused-ring (bicyclic) bond motifs is 1. The van der Waals surface area contributed by atoms with Gasteiger partial charge in [0.15, 0.2) is 0 Å². The van der Waals surface area contributed by atoms with E-state index in [1.165, 1.54) is 0 Å². The normalized spacial score (nSPS) is 17.9. The van der Waals surface area contributed by atoms with Crippen LogP contribution in [0.25, 0.3) is 10.8 Å². The highest BCUT2D eigenvalue weighted by Gasteiger charge is 2.30. The standard InChI is InChI=1S/C17H12N4S/c18-8-13-15(14(9-19)17(22)21-16(13)20)12-6-5-10-3-1-2-4-11(10)7-12/h1-7,15,21-22H,20H2. The van der Waals surface area contributed by atoms with E-state index >= 15 is 0 Å². The summed E-state index contributed by atoms with van der Waals surface area (Å²) in [6, 6.07) is 18.1. The molecule has 0 aliphatic carbocycles. The number of nitrogens with two attached hydrogens (primary N) is 1. The van der Waals surface area contributed by atoms with Gasteiger partial charge in [-0.25, -0.2) is 0 Å². The number of nitriles is 2. The SMILES string of the molecule is N#CC1=C(N)NC(S)=C(C#N)C1c1ccc2ccccc2c1. The fourth-order valence-corrected chi connectivity index (χ4v) is 2.96. The number of allylic oxidation sites excluding steroid dienone is 2. The molecule has 0 bridgehead atoms. The number of thiol groups is 1. The fourth-order valence-electron chi connectivity index (χ4n) is 2.66. The van der Waals surface area contributed by atoms with Crippen molar-refractivity contribution in [2.24, 2.45) is 5.73 Å². The van der Waals surface area contributed by atoms with Crippen LogP contribution in [0, 0.1) is 22.7 Å². The molecule has 22 heavy (non-hydrogen) atoms. The quantitative estimate of drug-likeness (QED) is 0.707. The van der Waals surface area contributed by atoms with Crippen LogP contribution in [0.3, 0.4) is 0 Å². The summed E-state index contributed by atoms with van der Waals surface area (Å²) < 4.78 is 0. The third-order valence-corrected chi connectivity index (χ3v) is 4.08. The lowest BCUT2D eigenvalue weighted by Crippen LogP contribution is -2.28. The molecule has 2 aromatic rings. The van der Waals surface area contributed by atoms with Gasteiger partial charge in [-0.05, 0) is 16.3 Å². The lowest BCUT2D eigenvalue weighted by molar-refractivity contribution is 0.842. The maximum atomic E-state index is 9.44. The van der Waals surface area contributed by atoms with E-state index in [9.17, 15) is 10.5 Å². The molecule has 0 fully saturated rings. The first-order chi connectivity index (χ1) is 10.7. The lowest BCUT2D eigenvalue weighted by Gasteiger charge is -2.25. The van der Waals surface area contributed by atoms with Crippen molar-refractivity contribution < 1.29 is 0 Å². The van der Waals surface area contributed by atoms with Gasteiger partial charge in [-0.1, -0.05) is 42.5 Å². The van der Waals surface area contributed by atoms with Crippen molar-refractivity contribution in [2.75, 3.05) is 0 Å². The predicted octanol–water partition coefficient (Wildman–Crippen LogP) is 2.89. The van der Waals surface area contributed by atoms with E-state index in [-0.39, 0.29) is 5.82 Å². The summed E-state index contributed by atoms with van der Waals surface area (Å²) in [6.07, 6.45) is 0. The summed E-state index contributed by atoms with van der Waals surface area (Å²) in [5, 5.41) is 24.2. The summed E-state index contributed by atoms with van der Waals surface area (Å²) in [7, 11) is 0. The zero-order valence-corrected chi connectivity index (χ0v) is 12.4. The minimum absolute atomic E-state index is 0.240. The van der Waals surface area contributed by atoms with Gasteiger partial charge < -0.3 is 11.1 Å². The average Bonchev–Trinajstić information content (AvgIpc) is 2.54. The Hall–Kier alpha value is -2.89. The van der Waals surface area contributed by atoms with Crippen molar-refractivity contribution in [3.05, 3.63) is 70.0 Å². The molecule has 0 saturated carbocycles. The molecule has 0 aromatic heterocycles. The van der Waals surface area contributed by atoms with Gasteiger partial charge in [0.25, 0.3) is 0 Å². The molecule has 3 rings (SSSR count). The second kappa shape index (κ2) is 5.48. The second-order valence-corrected chi connectivity index (χ2v) is 5.43. The number of hydrogen-bond acceptors (Lipinski definition) is 5. The molecule has 5 heteroatoms. The molecular formula is C17H12N4S. The van der Waals surface area contributed by atoms with Crippen LogP contribution in [0.4, 0.5) is 0 Å². The number of nitrogens with zero attached hydrogens (tertiary/aromatic N) is 2. The largest absolute Gasteiger partial charge is 0.384 e. The van der Waals surface area contributed by atoms with Crippen molar-refractivity contribution in [3.63, 3.8) is 0 Å². The van der Waals surface area contributed by atoms with E-state index < -0.39 is 5.92 Å². The molecule has 106 valence electrons. The first kappa shape index (κ1) is 14.1. The molecule has 2 aromatic carbocycles. The molecule has 1 heterocycles. The maximum Gasteiger partial charge on any atom is 0.116 e. The van der Waals surface area contributed by atoms with Crippen LogP contribution in [-0.4, -0.2) is 0 Å². The molecule has 0 amide bonds. The number of nitrogens with one attached hydrogen (secondary N) is 1. The zero-order chi connectivity index (χ0) is 15.7. The summed E-state index contributed by atoms with van der Waals surface area (Å²) >= 11 is 4.28. The molecule has 1 aliphatic heterocycles. The van der Waals surface area contributed by atoms with E-state index in [1.54, 1.807) is 0 Å². The summed E-state index contributed by atoms with van der Waals surface area (Å²) in [6.45, 7) is 0. The van der Waals surface area contributed by atoms with Gasteiger partial charge in [-0.15, -0.1) is 12.6 Å². The Bertz CT molecular complexity index is 876. The third-order valence-electron chi connectivity index (χ3n) is 3.72. The van der Waals surface area contributed by atoms with Crippen molar-refractivity contribution in [3.8, 4) is 12.1 Å². The van der Waals surface area contributed by atoms with Crippen LogP contribution in [0.1, 0.15) is 11.5 Å². The highest BCUT2D eigenvalue weighted by atomic mass is 32.1. The summed E-state index contributed by atoms with van der Waals surface area (Å²) in [5.74, 6) is -0.252. The van der Waals surface area contributed by atoms with Gasteiger partial charge in [0.05, 0.1) is 34.2 Å².